The summed E-state index contributed by atoms with van der Waals surface area (Å²) in [6.45, 7) is 6.56. The first-order valence-corrected chi connectivity index (χ1v) is 11.9. The van der Waals surface area contributed by atoms with E-state index < -0.39 is 9.84 Å². The SMILES string of the molecule is CCN(C(=O)CSc1nccn1-c1cccc(C)c1C)C1CCS(=O)(=O)C1. The number of rotatable bonds is 6. The highest BCUT2D eigenvalue weighted by Gasteiger charge is 2.33. The lowest BCUT2D eigenvalue weighted by atomic mass is 10.1. The van der Waals surface area contributed by atoms with E-state index in [2.05, 4.69) is 24.9 Å². The van der Waals surface area contributed by atoms with E-state index in [-0.39, 0.29) is 29.2 Å². The predicted octanol–water partition coefficient (Wildman–Crippen LogP) is 2.62. The van der Waals surface area contributed by atoms with E-state index in [1.165, 1.54) is 22.9 Å². The number of carbonyl (C=O) groups is 1. The van der Waals surface area contributed by atoms with Crippen molar-refractivity contribution >= 4 is 27.5 Å². The zero-order chi connectivity index (χ0) is 19.6. The minimum absolute atomic E-state index is 0.0416. The number of aryl methyl sites for hydroxylation is 1. The van der Waals surface area contributed by atoms with Crippen molar-refractivity contribution in [1.82, 2.24) is 14.5 Å². The molecular formula is C19H25N3O3S2. The lowest BCUT2D eigenvalue weighted by molar-refractivity contribution is -0.129. The molecule has 1 amide bonds. The molecule has 2 heterocycles. The van der Waals surface area contributed by atoms with Gasteiger partial charge in [-0.25, -0.2) is 13.4 Å². The summed E-state index contributed by atoms with van der Waals surface area (Å²) in [4.78, 5) is 18.8. The van der Waals surface area contributed by atoms with Crippen LogP contribution in [0.25, 0.3) is 5.69 Å². The maximum Gasteiger partial charge on any atom is 0.233 e. The Labute approximate surface area is 164 Å². The van der Waals surface area contributed by atoms with Crippen molar-refractivity contribution in [2.24, 2.45) is 0 Å². The molecule has 1 saturated heterocycles. The molecule has 1 aromatic heterocycles. The summed E-state index contributed by atoms with van der Waals surface area (Å²) >= 11 is 1.38. The Morgan fingerprint density at radius 2 is 2.15 bits per heavy atom. The quantitative estimate of drug-likeness (QED) is 0.689. The van der Waals surface area contributed by atoms with Crippen molar-refractivity contribution in [3.8, 4) is 5.69 Å². The number of benzene rings is 1. The third-order valence-corrected chi connectivity index (χ3v) is 7.78. The van der Waals surface area contributed by atoms with Gasteiger partial charge >= 0.3 is 0 Å². The first-order chi connectivity index (χ1) is 12.8. The molecule has 1 aliphatic heterocycles. The van der Waals surface area contributed by atoms with Crippen molar-refractivity contribution in [3.63, 3.8) is 0 Å². The molecule has 2 aromatic rings. The molecule has 1 aromatic carbocycles. The minimum Gasteiger partial charge on any atom is -0.338 e. The monoisotopic (exact) mass is 407 g/mol. The Bertz CT molecular complexity index is 937. The molecule has 1 atom stereocenters. The van der Waals surface area contributed by atoms with Gasteiger partial charge in [-0.05, 0) is 44.4 Å². The average Bonchev–Trinajstić information content (AvgIpc) is 3.22. The van der Waals surface area contributed by atoms with Crippen molar-refractivity contribution in [1.29, 1.82) is 0 Å². The van der Waals surface area contributed by atoms with Crippen LogP contribution in [-0.4, -0.2) is 58.6 Å². The van der Waals surface area contributed by atoms with Crippen LogP contribution in [0.4, 0.5) is 0 Å². The maximum absolute atomic E-state index is 12.7. The van der Waals surface area contributed by atoms with E-state index in [1.54, 1.807) is 11.1 Å². The van der Waals surface area contributed by atoms with Gasteiger partial charge in [-0.15, -0.1) is 0 Å². The summed E-state index contributed by atoms with van der Waals surface area (Å²) in [5.41, 5.74) is 3.43. The summed E-state index contributed by atoms with van der Waals surface area (Å²) in [7, 11) is -3.01. The van der Waals surface area contributed by atoms with Crippen LogP contribution < -0.4 is 0 Å². The second-order valence-electron chi connectivity index (χ2n) is 6.82. The second kappa shape index (κ2) is 8.06. The summed E-state index contributed by atoms with van der Waals surface area (Å²) in [6, 6.07) is 5.92. The molecule has 27 heavy (non-hydrogen) atoms. The fraction of sp³-hybridized carbons (Fsp3) is 0.474. The minimum atomic E-state index is -3.01. The van der Waals surface area contributed by atoms with Crippen LogP contribution in [0.5, 0.6) is 0 Å². The zero-order valence-electron chi connectivity index (χ0n) is 15.9. The van der Waals surface area contributed by atoms with Gasteiger partial charge in [0.2, 0.25) is 5.91 Å². The Morgan fingerprint density at radius 1 is 1.37 bits per heavy atom. The van der Waals surface area contributed by atoms with Gasteiger partial charge in [-0.2, -0.15) is 0 Å². The van der Waals surface area contributed by atoms with E-state index in [9.17, 15) is 13.2 Å². The van der Waals surface area contributed by atoms with E-state index in [4.69, 9.17) is 0 Å². The molecule has 1 aliphatic rings. The number of aromatic nitrogens is 2. The van der Waals surface area contributed by atoms with E-state index in [1.807, 2.05) is 29.8 Å². The molecule has 6 nitrogen and oxygen atoms in total. The van der Waals surface area contributed by atoms with E-state index >= 15 is 0 Å². The molecular weight excluding hydrogens is 382 g/mol. The van der Waals surface area contributed by atoms with Crippen LogP contribution in [0, 0.1) is 13.8 Å². The normalized spacial score (nSPS) is 18.6. The number of amides is 1. The van der Waals surface area contributed by atoms with E-state index in [0.29, 0.717) is 13.0 Å². The molecule has 1 fully saturated rings. The third kappa shape index (κ3) is 4.38. The molecule has 146 valence electrons. The highest BCUT2D eigenvalue weighted by atomic mass is 32.2. The number of hydrogen-bond donors (Lipinski definition) is 0. The number of carbonyl (C=O) groups excluding carboxylic acids is 1. The highest BCUT2D eigenvalue weighted by molar-refractivity contribution is 7.99. The van der Waals surface area contributed by atoms with Crippen LogP contribution in [0.3, 0.4) is 0 Å². The zero-order valence-corrected chi connectivity index (χ0v) is 17.5. The largest absolute Gasteiger partial charge is 0.338 e. The number of nitrogens with zero attached hydrogens (tertiary/aromatic N) is 3. The van der Waals surface area contributed by atoms with Crippen LogP contribution in [-0.2, 0) is 14.6 Å². The van der Waals surface area contributed by atoms with Crippen LogP contribution in [0.1, 0.15) is 24.5 Å². The molecule has 8 heteroatoms. The van der Waals surface area contributed by atoms with Crippen LogP contribution in [0.15, 0.2) is 35.7 Å². The molecule has 0 radical (unpaired) electrons. The van der Waals surface area contributed by atoms with Gasteiger partial charge in [-0.3, -0.25) is 9.36 Å². The Hall–Kier alpha value is -1.80. The molecule has 0 spiro atoms. The fourth-order valence-corrected chi connectivity index (χ4v) is 6.03. The Morgan fingerprint density at radius 3 is 2.81 bits per heavy atom. The van der Waals surface area contributed by atoms with Gasteiger partial charge < -0.3 is 4.90 Å². The summed E-state index contributed by atoms with van der Waals surface area (Å²) in [5, 5.41) is 0.757. The first kappa shape index (κ1) is 19.9. The molecule has 1 unspecified atom stereocenters. The fourth-order valence-electron chi connectivity index (χ4n) is 3.45. The number of sulfone groups is 1. The first-order valence-electron chi connectivity index (χ1n) is 9.05. The molecule has 0 aliphatic carbocycles. The number of imidazole rings is 1. The van der Waals surface area contributed by atoms with Crippen molar-refractivity contribution < 1.29 is 13.2 Å². The van der Waals surface area contributed by atoms with Crippen molar-refractivity contribution in [3.05, 3.63) is 41.7 Å². The second-order valence-corrected chi connectivity index (χ2v) is 10.00. The van der Waals surface area contributed by atoms with Gasteiger partial charge in [0.1, 0.15) is 0 Å². The van der Waals surface area contributed by atoms with Gasteiger partial charge in [0.15, 0.2) is 15.0 Å². The van der Waals surface area contributed by atoms with Crippen molar-refractivity contribution in [2.45, 2.75) is 38.4 Å². The third-order valence-electron chi connectivity index (χ3n) is 5.08. The van der Waals surface area contributed by atoms with Crippen molar-refractivity contribution in [2.75, 3.05) is 23.8 Å². The molecule has 0 N–H and O–H groups in total. The highest BCUT2D eigenvalue weighted by Crippen LogP contribution is 2.25. The molecule has 0 bridgehead atoms. The lowest BCUT2D eigenvalue weighted by Gasteiger charge is -2.26. The van der Waals surface area contributed by atoms with Gasteiger partial charge in [-0.1, -0.05) is 23.9 Å². The average molecular weight is 408 g/mol. The van der Waals surface area contributed by atoms with E-state index in [0.717, 1.165) is 10.8 Å². The summed E-state index contributed by atoms with van der Waals surface area (Å²) < 4.78 is 25.5. The topological polar surface area (TPSA) is 72.3 Å². The Kier molecular flexibility index (Phi) is 5.95. The maximum atomic E-state index is 12.7. The Balaban J connectivity index is 1.71. The van der Waals surface area contributed by atoms with Gasteiger partial charge in [0.25, 0.3) is 0 Å². The predicted molar refractivity (Wildman–Crippen MR) is 108 cm³/mol. The number of thioether (sulfide) groups is 1. The molecule has 3 rings (SSSR count). The number of hydrogen-bond acceptors (Lipinski definition) is 5. The lowest BCUT2D eigenvalue weighted by Crippen LogP contribution is -2.42. The summed E-state index contributed by atoms with van der Waals surface area (Å²) in [6.07, 6.45) is 4.16. The smallest absolute Gasteiger partial charge is 0.233 e. The summed E-state index contributed by atoms with van der Waals surface area (Å²) in [5.74, 6) is 0.451. The van der Waals surface area contributed by atoms with Crippen LogP contribution in [0.2, 0.25) is 0 Å². The van der Waals surface area contributed by atoms with Gasteiger partial charge in [0.05, 0.1) is 22.9 Å². The standard InChI is InChI=1S/C19H25N3O3S2/c1-4-21(16-8-11-27(24,25)13-16)18(23)12-26-19-20-9-10-22(19)17-7-5-6-14(2)15(17)3/h5-7,9-10,16H,4,8,11-13H2,1-3H3. The molecule has 0 saturated carbocycles. The van der Waals surface area contributed by atoms with Crippen LogP contribution >= 0.6 is 11.8 Å². The van der Waals surface area contributed by atoms with Gasteiger partial charge in [0, 0.05) is 25.0 Å².